The van der Waals surface area contributed by atoms with Gasteiger partial charge in [0.25, 0.3) is 0 Å². The van der Waals surface area contributed by atoms with Crippen molar-refractivity contribution in [2.24, 2.45) is 7.05 Å². The van der Waals surface area contributed by atoms with Crippen molar-refractivity contribution in [2.75, 3.05) is 0 Å². The maximum Gasteiger partial charge on any atom is 0.353 e. The summed E-state index contributed by atoms with van der Waals surface area (Å²) in [6.45, 7) is 0. The molecule has 0 saturated carbocycles. The van der Waals surface area contributed by atoms with Gasteiger partial charge in [-0.1, -0.05) is 30.3 Å². The topological polar surface area (TPSA) is 75.2 Å². The van der Waals surface area contributed by atoms with E-state index in [2.05, 4.69) is 0 Å². The molecule has 0 fully saturated rings. The van der Waals surface area contributed by atoms with Gasteiger partial charge in [0.05, 0.1) is 5.56 Å². The van der Waals surface area contributed by atoms with Crippen LogP contribution >= 0.6 is 0 Å². The van der Waals surface area contributed by atoms with Gasteiger partial charge in [-0.2, -0.15) is 5.26 Å². The molecule has 0 radical (unpaired) electrons. The number of aromatic nitrogens is 1. The number of para-hydroxylation sites is 1. The lowest BCUT2D eigenvalue weighted by Crippen LogP contribution is -2.05. The summed E-state index contributed by atoms with van der Waals surface area (Å²) in [6, 6.07) is 18.4. The molecule has 2 aromatic carbocycles. The minimum Gasteiger partial charge on any atom is -0.477 e. The van der Waals surface area contributed by atoms with Gasteiger partial charge in [-0.15, -0.1) is 0 Å². The summed E-state index contributed by atoms with van der Waals surface area (Å²) in [4.78, 5) is 11.5. The summed E-state index contributed by atoms with van der Waals surface area (Å²) in [7, 11) is 1.61. The Labute approximate surface area is 139 Å². The first-order chi connectivity index (χ1) is 11.6. The molecule has 24 heavy (non-hydrogen) atoms. The second-order valence-corrected chi connectivity index (χ2v) is 5.23. The van der Waals surface area contributed by atoms with Crippen LogP contribution in [0.3, 0.4) is 0 Å². The van der Waals surface area contributed by atoms with E-state index in [0.717, 1.165) is 0 Å². The maximum atomic E-state index is 11.5. The van der Waals surface area contributed by atoms with Crippen molar-refractivity contribution in [3.05, 3.63) is 72.1 Å². The highest BCUT2D eigenvalue weighted by molar-refractivity contribution is 5.96. The number of aryl methyl sites for hydroxylation is 1. The maximum absolute atomic E-state index is 11.5. The highest BCUT2D eigenvalue weighted by Crippen LogP contribution is 2.31. The fraction of sp³-hybridized carbons (Fsp3) is 0.0526. The second kappa shape index (κ2) is 6.31. The molecule has 0 amide bonds. The normalized spacial score (nSPS) is 10.2. The fourth-order valence-electron chi connectivity index (χ4n) is 2.58. The monoisotopic (exact) mass is 318 g/mol. The van der Waals surface area contributed by atoms with E-state index in [-0.39, 0.29) is 5.69 Å². The average molecular weight is 318 g/mol. The van der Waals surface area contributed by atoms with Crippen molar-refractivity contribution < 1.29 is 14.6 Å². The number of nitriles is 1. The van der Waals surface area contributed by atoms with Gasteiger partial charge in [0, 0.05) is 18.8 Å². The molecule has 118 valence electrons. The zero-order chi connectivity index (χ0) is 17.1. The number of ether oxygens (including phenoxy) is 1. The predicted molar refractivity (Wildman–Crippen MR) is 89.0 cm³/mol. The van der Waals surface area contributed by atoms with E-state index in [0.29, 0.717) is 28.2 Å². The zero-order valence-electron chi connectivity index (χ0n) is 12.9. The quantitative estimate of drug-likeness (QED) is 0.787. The molecular weight excluding hydrogens is 304 g/mol. The van der Waals surface area contributed by atoms with E-state index in [1.165, 1.54) is 10.8 Å². The number of carboxylic acids is 1. The van der Waals surface area contributed by atoms with Gasteiger partial charge >= 0.3 is 5.97 Å². The first-order valence-electron chi connectivity index (χ1n) is 7.26. The number of carboxylic acid groups (broad SMARTS) is 1. The molecule has 1 heterocycles. The highest BCUT2D eigenvalue weighted by Gasteiger charge is 2.21. The summed E-state index contributed by atoms with van der Waals surface area (Å²) in [5.74, 6) is 0.281. The van der Waals surface area contributed by atoms with E-state index in [4.69, 9.17) is 4.74 Å². The molecular formula is C19H14N2O3. The molecule has 0 aliphatic heterocycles. The van der Waals surface area contributed by atoms with Crippen molar-refractivity contribution in [1.29, 1.82) is 5.26 Å². The van der Waals surface area contributed by atoms with E-state index in [9.17, 15) is 15.2 Å². The Morgan fingerprint density at radius 1 is 1.08 bits per heavy atom. The van der Waals surface area contributed by atoms with Crippen LogP contribution in [0, 0.1) is 11.3 Å². The third-order valence-corrected chi connectivity index (χ3v) is 3.63. The highest BCUT2D eigenvalue weighted by atomic mass is 16.5. The van der Waals surface area contributed by atoms with Crippen molar-refractivity contribution in [1.82, 2.24) is 4.57 Å². The van der Waals surface area contributed by atoms with Crippen molar-refractivity contribution >= 4 is 5.97 Å². The van der Waals surface area contributed by atoms with Crippen LogP contribution in [0.4, 0.5) is 0 Å². The molecule has 0 saturated heterocycles. The molecule has 0 atom stereocenters. The lowest BCUT2D eigenvalue weighted by Gasteiger charge is -2.07. The third-order valence-electron chi connectivity index (χ3n) is 3.63. The summed E-state index contributed by atoms with van der Waals surface area (Å²) >= 11 is 0. The Bertz CT molecular complexity index is 920. The molecule has 0 spiro atoms. The third kappa shape index (κ3) is 2.85. The van der Waals surface area contributed by atoms with Crippen LogP contribution in [0.2, 0.25) is 0 Å². The van der Waals surface area contributed by atoms with E-state index >= 15 is 0 Å². The standard InChI is InChI=1S/C19H14N2O3/c1-21-12-14(11-20)17(18(21)19(22)23)13-7-9-16(10-8-13)24-15-5-3-2-4-6-15/h2-10,12H,1H3,(H,22,23). The molecule has 5 nitrogen and oxygen atoms in total. The predicted octanol–water partition coefficient (Wildman–Crippen LogP) is 4.05. The number of hydrogen-bond acceptors (Lipinski definition) is 3. The Kier molecular flexibility index (Phi) is 4.04. The molecule has 0 unspecified atom stereocenters. The Hall–Kier alpha value is -3.52. The van der Waals surface area contributed by atoms with Crippen LogP contribution in [-0.4, -0.2) is 15.6 Å². The van der Waals surface area contributed by atoms with Crippen LogP contribution in [0.15, 0.2) is 60.8 Å². The number of hydrogen-bond donors (Lipinski definition) is 1. The van der Waals surface area contributed by atoms with Crippen LogP contribution in [0.5, 0.6) is 11.5 Å². The Morgan fingerprint density at radius 2 is 1.71 bits per heavy atom. The summed E-state index contributed by atoms with van der Waals surface area (Å²) in [6.07, 6.45) is 1.52. The van der Waals surface area contributed by atoms with Gasteiger partial charge in [-0.05, 0) is 29.8 Å². The number of rotatable bonds is 4. The van der Waals surface area contributed by atoms with Crippen LogP contribution < -0.4 is 4.74 Å². The van der Waals surface area contributed by atoms with E-state index in [1.54, 1.807) is 31.3 Å². The molecule has 5 heteroatoms. The summed E-state index contributed by atoms with van der Waals surface area (Å²) in [5.41, 5.74) is 1.48. The lowest BCUT2D eigenvalue weighted by atomic mass is 10.0. The van der Waals surface area contributed by atoms with Crippen molar-refractivity contribution in [3.63, 3.8) is 0 Å². The minimum atomic E-state index is -1.07. The first kappa shape index (κ1) is 15.4. The molecule has 3 rings (SSSR count). The average Bonchev–Trinajstić information content (AvgIpc) is 2.93. The second-order valence-electron chi connectivity index (χ2n) is 5.23. The lowest BCUT2D eigenvalue weighted by molar-refractivity contribution is 0.0687. The van der Waals surface area contributed by atoms with Crippen LogP contribution in [-0.2, 0) is 7.05 Å². The van der Waals surface area contributed by atoms with Gasteiger partial charge in [0.15, 0.2) is 0 Å². The summed E-state index contributed by atoms with van der Waals surface area (Å²) in [5, 5.41) is 18.7. The van der Waals surface area contributed by atoms with Gasteiger partial charge < -0.3 is 14.4 Å². The van der Waals surface area contributed by atoms with Gasteiger partial charge in [0.2, 0.25) is 0 Å². The van der Waals surface area contributed by atoms with E-state index < -0.39 is 5.97 Å². The Balaban J connectivity index is 1.97. The molecule has 1 N–H and O–H groups in total. The SMILES string of the molecule is Cn1cc(C#N)c(-c2ccc(Oc3ccccc3)cc2)c1C(=O)O. The largest absolute Gasteiger partial charge is 0.477 e. The van der Waals surface area contributed by atoms with Crippen LogP contribution in [0.1, 0.15) is 16.1 Å². The smallest absolute Gasteiger partial charge is 0.353 e. The molecule has 1 aromatic heterocycles. The zero-order valence-corrected chi connectivity index (χ0v) is 12.9. The first-order valence-corrected chi connectivity index (χ1v) is 7.26. The number of carbonyl (C=O) groups is 1. The fourth-order valence-corrected chi connectivity index (χ4v) is 2.58. The Morgan fingerprint density at radius 3 is 2.29 bits per heavy atom. The van der Waals surface area contributed by atoms with Gasteiger partial charge in [-0.3, -0.25) is 0 Å². The minimum absolute atomic E-state index is 0.0864. The van der Waals surface area contributed by atoms with E-state index in [1.807, 2.05) is 36.4 Å². The number of nitrogens with zero attached hydrogens (tertiary/aromatic N) is 2. The number of aromatic carboxylic acids is 1. The molecule has 0 aliphatic rings. The van der Waals surface area contributed by atoms with Gasteiger partial charge in [-0.25, -0.2) is 4.79 Å². The number of benzene rings is 2. The van der Waals surface area contributed by atoms with Crippen molar-refractivity contribution in [3.8, 4) is 28.7 Å². The molecule has 0 bridgehead atoms. The molecule has 0 aliphatic carbocycles. The summed E-state index contributed by atoms with van der Waals surface area (Å²) < 4.78 is 7.17. The molecule has 3 aromatic rings. The van der Waals surface area contributed by atoms with Gasteiger partial charge in [0.1, 0.15) is 23.3 Å². The van der Waals surface area contributed by atoms with Crippen LogP contribution in [0.25, 0.3) is 11.1 Å². The van der Waals surface area contributed by atoms with Crippen molar-refractivity contribution in [2.45, 2.75) is 0 Å².